The Morgan fingerprint density at radius 2 is 1.77 bits per heavy atom. The van der Waals surface area contributed by atoms with Gasteiger partial charge in [0.1, 0.15) is 5.69 Å². The van der Waals surface area contributed by atoms with Crippen LogP contribution in [-0.4, -0.2) is 54.7 Å². The normalized spacial score (nSPS) is 17.2. The maximum absolute atomic E-state index is 12.9. The summed E-state index contributed by atoms with van der Waals surface area (Å²) in [7, 11) is -3.53. The lowest BCUT2D eigenvalue weighted by Gasteiger charge is -2.33. The number of hydrogen-bond donors (Lipinski definition) is 1. The fourth-order valence-corrected chi connectivity index (χ4v) is 4.54. The van der Waals surface area contributed by atoms with E-state index >= 15 is 0 Å². The molecule has 6 nitrogen and oxygen atoms in total. The van der Waals surface area contributed by atoms with Crippen molar-refractivity contribution in [2.45, 2.75) is 31.1 Å². The number of rotatable bonds is 5. The number of carbonyl (C=O) groups is 1. The number of amides is 1. The molecule has 3 rings (SSSR count). The van der Waals surface area contributed by atoms with Gasteiger partial charge in [-0.25, -0.2) is 8.42 Å². The fourth-order valence-electron chi connectivity index (χ4n) is 3.12. The van der Waals surface area contributed by atoms with E-state index in [0.717, 1.165) is 12.0 Å². The van der Waals surface area contributed by atoms with Gasteiger partial charge in [-0.1, -0.05) is 26.0 Å². The van der Waals surface area contributed by atoms with Crippen LogP contribution in [0.3, 0.4) is 0 Å². The van der Waals surface area contributed by atoms with Gasteiger partial charge in [-0.3, -0.25) is 4.79 Å². The minimum Gasteiger partial charge on any atom is -0.357 e. The molecule has 7 heteroatoms. The summed E-state index contributed by atoms with van der Waals surface area (Å²) in [5, 5.41) is 0. The molecule has 2 aromatic rings. The van der Waals surface area contributed by atoms with Crippen LogP contribution in [0, 0.1) is 0 Å². The molecule has 0 saturated carbocycles. The highest BCUT2D eigenvalue weighted by Crippen LogP contribution is 2.23. The lowest BCUT2D eigenvalue weighted by molar-refractivity contribution is 0.0692. The van der Waals surface area contributed by atoms with E-state index in [2.05, 4.69) is 18.8 Å². The maximum atomic E-state index is 12.9. The molecule has 1 aromatic heterocycles. The second-order valence-corrected chi connectivity index (χ2v) is 8.60. The maximum Gasteiger partial charge on any atom is 0.270 e. The quantitative estimate of drug-likeness (QED) is 0.873. The van der Waals surface area contributed by atoms with Crippen LogP contribution in [0.2, 0.25) is 0 Å². The first-order valence-electron chi connectivity index (χ1n) is 8.96. The predicted octanol–water partition coefficient (Wildman–Crippen LogP) is 2.67. The summed E-state index contributed by atoms with van der Waals surface area (Å²) in [6.07, 6.45) is 2.72. The molecule has 1 fully saturated rings. The van der Waals surface area contributed by atoms with Crippen molar-refractivity contribution in [2.75, 3.05) is 26.2 Å². The molecule has 1 aliphatic rings. The smallest absolute Gasteiger partial charge is 0.270 e. The number of H-pyrrole nitrogens is 1. The monoisotopic (exact) mass is 375 g/mol. The molecule has 2 heterocycles. The summed E-state index contributed by atoms with van der Waals surface area (Å²) in [6.45, 7) is 5.64. The third kappa shape index (κ3) is 3.68. The third-order valence-corrected chi connectivity index (χ3v) is 6.97. The summed E-state index contributed by atoms with van der Waals surface area (Å²) in [4.78, 5) is 17.2. The van der Waals surface area contributed by atoms with E-state index in [0.29, 0.717) is 42.7 Å². The number of sulfonamides is 1. The van der Waals surface area contributed by atoms with Gasteiger partial charge in [0.25, 0.3) is 5.91 Å². The Hall–Kier alpha value is -2.12. The number of hydrogen-bond acceptors (Lipinski definition) is 3. The molecule has 0 aliphatic carbocycles. The lowest BCUT2D eigenvalue weighted by Crippen LogP contribution is -2.50. The largest absolute Gasteiger partial charge is 0.357 e. The Morgan fingerprint density at radius 1 is 1.12 bits per heavy atom. The van der Waals surface area contributed by atoms with Crippen molar-refractivity contribution < 1.29 is 13.2 Å². The second-order valence-electron chi connectivity index (χ2n) is 6.66. The standard InChI is InChI=1S/C19H25N3O3S/c1-3-15(2)16-6-8-17(9-7-16)26(24,25)22-13-11-21(12-14-22)19(23)18-5-4-10-20-18/h4-10,15,20H,3,11-14H2,1-2H3/t15-/m1/s1. The molecule has 1 aromatic carbocycles. The van der Waals surface area contributed by atoms with E-state index in [1.165, 1.54) is 4.31 Å². The number of piperazine rings is 1. The molecular weight excluding hydrogens is 350 g/mol. The topological polar surface area (TPSA) is 73.5 Å². The molecule has 0 bridgehead atoms. The number of aromatic nitrogens is 1. The van der Waals surface area contributed by atoms with Crippen LogP contribution in [0.15, 0.2) is 47.5 Å². The summed E-state index contributed by atoms with van der Waals surface area (Å²) >= 11 is 0. The zero-order valence-electron chi connectivity index (χ0n) is 15.2. The zero-order valence-corrected chi connectivity index (χ0v) is 16.0. The molecule has 140 valence electrons. The number of nitrogens with one attached hydrogen (secondary N) is 1. The minimum atomic E-state index is -3.53. The van der Waals surface area contributed by atoms with Crippen LogP contribution in [0.5, 0.6) is 0 Å². The van der Waals surface area contributed by atoms with Crippen LogP contribution in [-0.2, 0) is 10.0 Å². The zero-order chi connectivity index (χ0) is 18.7. The number of benzene rings is 1. The van der Waals surface area contributed by atoms with Crippen molar-refractivity contribution in [1.29, 1.82) is 0 Å². The lowest BCUT2D eigenvalue weighted by atomic mass is 9.99. The van der Waals surface area contributed by atoms with Gasteiger partial charge in [0.05, 0.1) is 4.90 Å². The van der Waals surface area contributed by atoms with E-state index in [1.807, 2.05) is 12.1 Å². The second kappa shape index (κ2) is 7.63. The van der Waals surface area contributed by atoms with Crippen molar-refractivity contribution in [1.82, 2.24) is 14.2 Å². The van der Waals surface area contributed by atoms with Crippen molar-refractivity contribution >= 4 is 15.9 Å². The highest BCUT2D eigenvalue weighted by atomic mass is 32.2. The van der Waals surface area contributed by atoms with Gasteiger partial charge >= 0.3 is 0 Å². The van der Waals surface area contributed by atoms with Crippen LogP contribution in [0.25, 0.3) is 0 Å². The predicted molar refractivity (Wildman–Crippen MR) is 101 cm³/mol. The van der Waals surface area contributed by atoms with Gasteiger partial charge in [0.15, 0.2) is 0 Å². The average molecular weight is 375 g/mol. The molecule has 1 N–H and O–H groups in total. The summed E-state index contributed by atoms with van der Waals surface area (Å²) in [6, 6.07) is 10.7. The Labute approximate surface area is 154 Å². The van der Waals surface area contributed by atoms with Gasteiger partial charge in [-0.05, 0) is 42.2 Å². The molecular formula is C19H25N3O3S. The van der Waals surface area contributed by atoms with Crippen LogP contribution >= 0.6 is 0 Å². The van der Waals surface area contributed by atoms with Crippen LogP contribution < -0.4 is 0 Å². The van der Waals surface area contributed by atoms with Crippen molar-refractivity contribution in [3.8, 4) is 0 Å². The van der Waals surface area contributed by atoms with Gasteiger partial charge in [-0.15, -0.1) is 0 Å². The summed E-state index contributed by atoms with van der Waals surface area (Å²) in [5.41, 5.74) is 1.68. The molecule has 0 unspecified atom stereocenters. The SMILES string of the molecule is CC[C@@H](C)c1ccc(S(=O)(=O)N2CCN(C(=O)c3ccc[nH]3)CC2)cc1. The van der Waals surface area contributed by atoms with E-state index in [4.69, 9.17) is 0 Å². The third-order valence-electron chi connectivity index (χ3n) is 5.05. The van der Waals surface area contributed by atoms with Gasteiger partial charge in [-0.2, -0.15) is 4.31 Å². The Balaban J connectivity index is 1.67. The molecule has 1 saturated heterocycles. The Morgan fingerprint density at radius 3 is 2.31 bits per heavy atom. The van der Waals surface area contributed by atoms with Gasteiger partial charge in [0.2, 0.25) is 10.0 Å². The molecule has 0 radical (unpaired) electrons. The summed E-state index contributed by atoms with van der Waals surface area (Å²) < 4.78 is 27.2. The molecule has 1 aliphatic heterocycles. The van der Waals surface area contributed by atoms with Crippen molar-refractivity contribution in [3.63, 3.8) is 0 Å². The molecule has 1 amide bonds. The van der Waals surface area contributed by atoms with E-state index in [-0.39, 0.29) is 5.91 Å². The number of carbonyl (C=O) groups excluding carboxylic acids is 1. The van der Waals surface area contributed by atoms with Crippen molar-refractivity contribution in [3.05, 3.63) is 53.9 Å². The van der Waals surface area contributed by atoms with E-state index < -0.39 is 10.0 Å². The number of nitrogens with zero attached hydrogens (tertiary/aromatic N) is 2. The van der Waals surface area contributed by atoms with E-state index in [9.17, 15) is 13.2 Å². The summed E-state index contributed by atoms with van der Waals surface area (Å²) in [5.74, 6) is 0.319. The highest BCUT2D eigenvalue weighted by molar-refractivity contribution is 7.89. The minimum absolute atomic E-state index is 0.0926. The first-order chi connectivity index (χ1) is 12.4. The Bertz CT molecular complexity index is 837. The van der Waals surface area contributed by atoms with Crippen molar-refractivity contribution in [2.24, 2.45) is 0 Å². The molecule has 0 spiro atoms. The number of aromatic amines is 1. The Kier molecular flexibility index (Phi) is 5.48. The van der Waals surface area contributed by atoms with Crippen LogP contribution in [0.1, 0.15) is 42.2 Å². The fraction of sp³-hybridized carbons (Fsp3) is 0.421. The molecule has 26 heavy (non-hydrogen) atoms. The highest BCUT2D eigenvalue weighted by Gasteiger charge is 2.30. The van der Waals surface area contributed by atoms with Gasteiger partial charge < -0.3 is 9.88 Å². The van der Waals surface area contributed by atoms with Gasteiger partial charge in [0, 0.05) is 32.4 Å². The first kappa shape index (κ1) is 18.7. The first-order valence-corrected chi connectivity index (χ1v) is 10.4. The molecule has 1 atom stereocenters. The van der Waals surface area contributed by atoms with Crippen LogP contribution in [0.4, 0.5) is 0 Å². The average Bonchev–Trinajstić information content (AvgIpc) is 3.21. The van der Waals surface area contributed by atoms with E-state index in [1.54, 1.807) is 35.4 Å².